The number of anilines is 1. The molecular weight excluding hydrogens is 503 g/mol. The summed E-state index contributed by atoms with van der Waals surface area (Å²) >= 11 is 0. The fraction of sp³-hybridized carbons (Fsp3) is 0.455. The molecule has 10 nitrogen and oxygen atoms in total. The minimum Gasteiger partial charge on any atom is -0.479 e. The normalized spacial score (nSPS) is 22.1. The van der Waals surface area contributed by atoms with Crippen LogP contribution in [0.4, 0.5) is 27.9 Å². The second-order valence-corrected chi connectivity index (χ2v) is 9.01. The Bertz CT molecular complexity index is 1570. The van der Waals surface area contributed by atoms with Crippen LogP contribution in [0.2, 0.25) is 0 Å². The van der Waals surface area contributed by atoms with Crippen molar-refractivity contribution in [1.29, 1.82) is 0 Å². The summed E-state index contributed by atoms with van der Waals surface area (Å²) in [5.74, 6) is -3.83. The fourth-order valence-electron chi connectivity index (χ4n) is 4.61. The number of halogens is 5. The molecule has 4 aromatic rings. The van der Waals surface area contributed by atoms with E-state index in [4.69, 9.17) is 13.6 Å². The molecule has 0 amide bonds. The van der Waals surface area contributed by atoms with E-state index in [1.807, 2.05) is 0 Å². The van der Waals surface area contributed by atoms with Crippen molar-refractivity contribution in [3.63, 3.8) is 0 Å². The third-order valence-electron chi connectivity index (χ3n) is 6.51. The predicted octanol–water partition coefficient (Wildman–Crippen LogP) is 2.84. The number of nitrogens with one attached hydrogen (secondary N) is 1. The van der Waals surface area contributed by atoms with Crippen LogP contribution in [0, 0.1) is 0 Å². The second kappa shape index (κ2) is 8.48. The van der Waals surface area contributed by atoms with Crippen molar-refractivity contribution >= 4 is 22.5 Å². The van der Waals surface area contributed by atoms with Crippen LogP contribution in [0.15, 0.2) is 30.5 Å². The van der Waals surface area contributed by atoms with Gasteiger partial charge in [0.1, 0.15) is 23.6 Å². The van der Waals surface area contributed by atoms with Crippen molar-refractivity contribution in [2.75, 3.05) is 38.7 Å². The summed E-state index contributed by atoms with van der Waals surface area (Å²) in [5.41, 5.74) is 1.09. The van der Waals surface area contributed by atoms with Crippen LogP contribution in [0.5, 0.6) is 5.88 Å². The monoisotopic (exact) mass is 527 g/mol. The minimum atomic E-state index is -4.53. The van der Waals surface area contributed by atoms with E-state index < -0.39 is 44.1 Å². The highest BCUT2D eigenvalue weighted by Gasteiger charge is 2.51. The summed E-state index contributed by atoms with van der Waals surface area (Å²) in [4.78, 5) is 5.73. The molecule has 1 N–H and O–H groups in total. The molecular formula is C22H21F5N8O2. The number of likely N-dealkylation sites (tertiary alicyclic amines) is 1. The highest BCUT2D eigenvalue weighted by molar-refractivity contribution is 5.89. The third kappa shape index (κ3) is 4.31. The number of benzene rings is 1. The van der Waals surface area contributed by atoms with Crippen LogP contribution in [0.25, 0.3) is 27.7 Å². The molecule has 5 heterocycles. The van der Waals surface area contributed by atoms with Crippen molar-refractivity contribution in [3.05, 3.63) is 30.5 Å². The molecule has 2 aliphatic heterocycles. The molecule has 6 rings (SSSR count). The Kier molecular flexibility index (Phi) is 4.69. The summed E-state index contributed by atoms with van der Waals surface area (Å²) in [7, 11) is -2.95. The first-order chi connectivity index (χ1) is 18.8. The zero-order valence-corrected chi connectivity index (χ0v) is 18.9. The Morgan fingerprint density at radius 3 is 2.84 bits per heavy atom. The van der Waals surface area contributed by atoms with E-state index in [1.165, 1.54) is 28.9 Å². The molecule has 1 aromatic carbocycles. The van der Waals surface area contributed by atoms with E-state index in [0.29, 0.717) is 29.0 Å². The number of hydrogen-bond donors (Lipinski definition) is 1. The first-order valence-corrected chi connectivity index (χ1v) is 11.2. The Labute approximate surface area is 210 Å². The van der Waals surface area contributed by atoms with Crippen molar-refractivity contribution in [3.8, 4) is 17.0 Å². The van der Waals surface area contributed by atoms with E-state index in [1.54, 1.807) is 11.0 Å². The maximum Gasteiger partial charge on any atom is 0.408 e. The number of rotatable bonds is 6. The quantitative estimate of drug-likeness (QED) is 0.383. The van der Waals surface area contributed by atoms with Gasteiger partial charge in [-0.1, -0.05) is 11.3 Å². The van der Waals surface area contributed by atoms with Crippen LogP contribution >= 0.6 is 0 Å². The van der Waals surface area contributed by atoms with E-state index >= 15 is 0 Å². The number of aromatic nitrogens is 6. The van der Waals surface area contributed by atoms with Gasteiger partial charge in [-0.25, -0.2) is 18.0 Å². The first kappa shape index (κ1) is 20.5. The first-order valence-electron chi connectivity index (χ1n) is 12.7. The molecule has 2 saturated heterocycles. The van der Waals surface area contributed by atoms with Crippen LogP contribution < -0.4 is 10.1 Å². The molecule has 196 valence electrons. The van der Waals surface area contributed by atoms with E-state index in [-0.39, 0.29) is 35.1 Å². The molecule has 15 heteroatoms. The van der Waals surface area contributed by atoms with Gasteiger partial charge in [-0.3, -0.25) is 4.90 Å². The second-order valence-electron chi connectivity index (χ2n) is 9.01. The number of methoxy groups -OCH3 is 1. The average Bonchev–Trinajstić information content (AvgIpc) is 3.46. The van der Waals surface area contributed by atoms with Gasteiger partial charge in [0.05, 0.1) is 42.5 Å². The summed E-state index contributed by atoms with van der Waals surface area (Å²) < 4.78 is 104. The third-order valence-corrected chi connectivity index (χ3v) is 6.51. The summed E-state index contributed by atoms with van der Waals surface area (Å²) in [6.07, 6.45) is -3.10. The number of hydrogen-bond acceptors (Lipinski definition) is 8. The topological polar surface area (TPSA) is 94.6 Å². The maximum absolute atomic E-state index is 14.8. The predicted molar refractivity (Wildman–Crippen MR) is 121 cm³/mol. The highest BCUT2D eigenvalue weighted by atomic mass is 19.4. The molecule has 2 fully saturated rings. The molecule has 0 bridgehead atoms. The molecule has 0 radical (unpaired) electrons. The van der Waals surface area contributed by atoms with Gasteiger partial charge in [0.25, 0.3) is 5.92 Å². The summed E-state index contributed by atoms with van der Waals surface area (Å²) in [5, 5.41) is 14.2. The number of alkyl halides is 5. The molecule has 0 spiro atoms. The van der Waals surface area contributed by atoms with Gasteiger partial charge < -0.3 is 14.8 Å². The Balaban J connectivity index is 1.38. The van der Waals surface area contributed by atoms with Gasteiger partial charge in [0.15, 0.2) is 0 Å². The van der Waals surface area contributed by atoms with E-state index in [2.05, 4.69) is 25.7 Å². The molecule has 0 aliphatic carbocycles. The van der Waals surface area contributed by atoms with Crippen molar-refractivity contribution in [1.82, 2.24) is 34.5 Å². The molecule has 2 aliphatic rings. The van der Waals surface area contributed by atoms with E-state index in [0.717, 1.165) is 0 Å². The van der Waals surface area contributed by atoms with Crippen LogP contribution in [-0.4, -0.2) is 92.0 Å². The molecule has 0 unspecified atom stereocenters. The smallest absolute Gasteiger partial charge is 0.408 e. The van der Waals surface area contributed by atoms with Crippen LogP contribution in [0.1, 0.15) is 4.11 Å². The van der Waals surface area contributed by atoms with Crippen molar-refractivity contribution in [2.24, 2.45) is 0 Å². The van der Waals surface area contributed by atoms with Gasteiger partial charge >= 0.3 is 6.18 Å². The minimum absolute atomic E-state index is 0.00548. The lowest BCUT2D eigenvalue weighted by atomic mass is 10.1. The van der Waals surface area contributed by atoms with Crippen molar-refractivity contribution < 1.29 is 35.5 Å². The summed E-state index contributed by atoms with van der Waals surface area (Å²) in [6.45, 7) is -1.10. The van der Waals surface area contributed by atoms with Gasteiger partial charge in [0.2, 0.25) is 11.8 Å². The Morgan fingerprint density at radius 1 is 1.27 bits per heavy atom. The zero-order valence-electron chi connectivity index (χ0n) is 21.9. The lowest BCUT2D eigenvalue weighted by Crippen LogP contribution is -2.48. The largest absolute Gasteiger partial charge is 0.479 e. The number of fused-ring (bicyclic) bond motifs is 2. The van der Waals surface area contributed by atoms with Gasteiger partial charge in [-0.15, -0.1) is 10.2 Å². The maximum atomic E-state index is 14.8. The van der Waals surface area contributed by atoms with Crippen LogP contribution in [0.3, 0.4) is 0 Å². The Hall–Kier alpha value is -3.59. The van der Waals surface area contributed by atoms with Gasteiger partial charge in [-0.05, 0) is 23.8 Å². The number of ether oxygens (including phenoxy) is 2. The summed E-state index contributed by atoms with van der Waals surface area (Å²) in [6, 6.07) is 4.51. The Morgan fingerprint density at radius 2 is 2.11 bits per heavy atom. The highest BCUT2D eigenvalue weighted by Crippen LogP contribution is 2.35. The van der Waals surface area contributed by atoms with Gasteiger partial charge in [0, 0.05) is 18.3 Å². The molecule has 37 heavy (non-hydrogen) atoms. The lowest BCUT2D eigenvalue weighted by molar-refractivity contribution is -0.142. The lowest BCUT2D eigenvalue weighted by Gasteiger charge is -2.34. The van der Waals surface area contributed by atoms with Crippen LogP contribution in [-0.2, 0) is 11.3 Å². The van der Waals surface area contributed by atoms with Gasteiger partial charge in [-0.2, -0.15) is 18.2 Å². The van der Waals surface area contributed by atoms with Crippen molar-refractivity contribution in [2.45, 2.75) is 30.7 Å². The zero-order chi connectivity index (χ0) is 28.4. The van der Waals surface area contributed by atoms with E-state index in [9.17, 15) is 22.0 Å². The standard InChI is InChI=1S/C22H21F5N8O2/c1-36-19-18-14(12-2-3-15-16(6-12)35(32-30-15)11-22(25,26)27)4-5-34(18)31-20(29-19)28-17-7-33(10-21(17,23)24)13-8-37-9-13/h2-6,13,17H,7-11H2,1H3,(H,28,31)/t17-/m1/s1/i1D3. The SMILES string of the molecule is [2H]C([2H])([2H])Oc1nc(N[C@@H]2CN(C3COC3)CC2(F)F)nn2ccc(-c3ccc4nnn(CC(F)(F)F)c4c3)c12. The average molecular weight is 527 g/mol. The fourth-order valence-corrected chi connectivity index (χ4v) is 4.61. The number of nitrogens with zero attached hydrogens (tertiary/aromatic N) is 7. The molecule has 0 saturated carbocycles. The molecule has 3 aromatic heterocycles. The molecule has 1 atom stereocenters.